The summed E-state index contributed by atoms with van der Waals surface area (Å²) in [5.41, 5.74) is 4.27. The highest BCUT2D eigenvalue weighted by Gasteiger charge is 2.13. The molecule has 1 amide bonds. The smallest absolute Gasteiger partial charge is 0.307 e. The average molecular weight is 353 g/mol. The van der Waals surface area contributed by atoms with Crippen LogP contribution in [0.4, 0.5) is 5.69 Å². The van der Waals surface area contributed by atoms with E-state index in [1.165, 1.54) is 23.2 Å². The normalized spacial score (nSPS) is 11.0. The molecule has 0 fully saturated rings. The lowest BCUT2D eigenvalue weighted by molar-refractivity contribution is -0.385. The third kappa shape index (κ3) is 4.20. The number of hydrogen-bond donors (Lipinski definition) is 1. The Hall–Kier alpha value is -3.75. The number of nitrogens with zero attached hydrogens (tertiary/aromatic N) is 4. The van der Waals surface area contributed by atoms with E-state index in [0.29, 0.717) is 5.76 Å². The first-order valence-corrected chi connectivity index (χ1v) is 7.67. The largest absolute Gasteiger partial charge is 0.454 e. The van der Waals surface area contributed by atoms with Crippen molar-refractivity contribution < 1.29 is 14.1 Å². The molecule has 9 nitrogen and oxygen atoms in total. The van der Waals surface area contributed by atoms with E-state index in [0.717, 1.165) is 17.3 Å². The van der Waals surface area contributed by atoms with Gasteiger partial charge >= 0.3 is 11.6 Å². The number of rotatable bonds is 6. The monoisotopic (exact) mass is 353 g/mol. The predicted molar refractivity (Wildman–Crippen MR) is 92.9 cm³/mol. The SMILES string of the molecule is Cc1ccc(/C=N\NC(=O)c2ccc(Cn3cc([N+](=O)[O-])cn3)o2)cc1. The molecule has 0 aliphatic heterocycles. The molecule has 1 N–H and O–H groups in total. The Morgan fingerprint density at radius 2 is 2.12 bits per heavy atom. The molecule has 0 aliphatic rings. The van der Waals surface area contributed by atoms with Gasteiger partial charge in [-0.25, -0.2) is 5.43 Å². The number of aryl methyl sites for hydroxylation is 1. The van der Waals surface area contributed by atoms with E-state index in [1.54, 1.807) is 6.07 Å². The van der Waals surface area contributed by atoms with Crippen LogP contribution in [-0.2, 0) is 6.54 Å². The van der Waals surface area contributed by atoms with Crippen molar-refractivity contribution in [2.45, 2.75) is 13.5 Å². The maximum atomic E-state index is 12.0. The summed E-state index contributed by atoms with van der Waals surface area (Å²) in [4.78, 5) is 22.1. The summed E-state index contributed by atoms with van der Waals surface area (Å²) >= 11 is 0. The van der Waals surface area contributed by atoms with Crippen molar-refractivity contribution >= 4 is 17.8 Å². The van der Waals surface area contributed by atoms with E-state index in [4.69, 9.17) is 4.42 Å². The molecule has 0 aliphatic carbocycles. The van der Waals surface area contributed by atoms with Gasteiger partial charge in [-0.2, -0.15) is 10.2 Å². The second-order valence-corrected chi connectivity index (χ2v) is 5.53. The van der Waals surface area contributed by atoms with Gasteiger partial charge in [0, 0.05) is 0 Å². The van der Waals surface area contributed by atoms with Crippen molar-refractivity contribution in [3.63, 3.8) is 0 Å². The lowest BCUT2D eigenvalue weighted by atomic mass is 10.2. The summed E-state index contributed by atoms with van der Waals surface area (Å²) in [7, 11) is 0. The number of benzene rings is 1. The van der Waals surface area contributed by atoms with Crippen LogP contribution in [0.2, 0.25) is 0 Å². The summed E-state index contributed by atoms with van der Waals surface area (Å²) in [5, 5.41) is 18.4. The van der Waals surface area contributed by atoms with Gasteiger partial charge in [-0.05, 0) is 24.6 Å². The fourth-order valence-electron chi connectivity index (χ4n) is 2.15. The zero-order valence-corrected chi connectivity index (χ0v) is 13.8. The number of furan rings is 1. The number of amides is 1. The Morgan fingerprint density at radius 1 is 1.35 bits per heavy atom. The molecule has 0 saturated carbocycles. The number of carbonyl (C=O) groups excluding carboxylic acids is 1. The highest BCUT2D eigenvalue weighted by Crippen LogP contribution is 2.12. The van der Waals surface area contributed by atoms with Crippen molar-refractivity contribution in [2.75, 3.05) is 0 Å². The molecular formula is C17H15N5O4. The Kier molecular flexibility index (Phi) is 4.88. The van der Waals surface area contributed by atoms with Crippen molar-refractivity contribution in [1.82, 2.24) is 15.2 Å². The minimum Gasteiger partial charge on any atom is -0.454 e. The van der Waals surface area contributed by atoms with E-state index in [-0.39, 0.29) is 18.0 Å². The van der Waals surface area contributed by atoms with Gasteiger partial charge in [0.15, 0.2) is 5.76 Å². The molecule has 9 heteroatoms. The molecule has 0 bridgehead atoms. The third-order valence-corrected chi connectivity index (χ3v) is 3.49. The van der Waals surface area contributed by atoms with E-state index in [2.05, 4.69) is 15.6 Å². The molecule has 1 aromatic carbocycles. The molecule has 132 valence electrons. The van der Waals surface area contributed by atoms with Crippen LogP contribution in [0.25, 0.3) is 0 Å². The average Bonchev–Trinajstić information content (AvgIpc) is 3.27. The summed E-state index contributed by atoms with van der Waals surface area (Å²) in [6.45, 7) is 2.16. The predicted octanol–water partition coefficient (Wildman–Crippen LogP) is 2.50. The summed E-state index contributed by atoms with van der Waals surface area (Å²) in [6.07, 6.45) is 3.97. The van der Waals surface area contributed by atoms with Crippen LogP contribution in [-0.4, -0.2) is 26.8 Å². The first-order chi connectivity index (χ1) is 12.5. The fraction of sp³-hybridized carbons (Fsp3) is 0.118. The fourth-order valence-corrected chi connectivity index (χ4v) is 2.15. The van der Waals surface area contributed by atoms with Crippen LogP contribution in [0, 0.1) is 17.0 Å². The van der Waals surface area contributed by atoms with Gasteiger partial charge in [-0.3, -0.25) is 19.6 Å². The lowest BCUT2D eigenvalue weighted by Crippen LogP contribution is -2.16. The number of nitro groups is 1. The molecule has 0 radical (unpaired) electrons. The summed E-state index contributed by atoms with van der Waals surface area (Å²) < 4.78 is 6.78. The molecule has 2 aromatic heterocycles. The van der Waals surface area contributed by atoms with Crippen molar-refractivity contribution in [2.24, 2.45) is 5.10 Å². The van der Waals surface area contributed by atoms with E-state index < -0.39 is 10.8 Å². The first kappa shape index (κ1) is 17.1. The molecule has 26 heavy (non-hydrogen) atoms. The number of hydrazone groups is 1. The maximum Gasteiger partial charge on any atom is 0.307 e. The second-order valence-electron chi connectivity index (χ2n) is 5.53. The number of nitrogens with one attached hydrogen (secondary N) is 1. The zero-order chi connectivity index (χ0) is 18.5. The molecule has 3 rings (SSSR count). The minimum atomic E-state index is -0.531. The molecule has 0 saturated heterocycles. The third-order valence-electron chi connectivity index (χ3n) is 3.49. The number of aromatic nitrogens is 2. The standard InChI is InChI=1S/C17H15N5O4/c1-12-2-4-13(5-3-12)8-18-20-17(23)16-7-6-15(26-16)11-21-10-14(9-19-21)22(24)25/h2-10H,11H2,1H3,(H,20,23)/b18-8-. The van der Waals surface area contributed by atoms with E-state index >= 15 is 0 Å². The van der Waals surface area contributed by atoms with Crippen LogP contribution in [0.1, 0.15) is 27.4 Å². The van der Waals surface area contributed by atoms with E-state index in [1.807, 2.05) is 31.2 Å². The van der Waals surface area contributed by atoms with Crippen LogP contribution >= 0.6 is 0 Å². The summed E-state index contributed by atoms with van der Waals surface area (Å²) in [5.74, 6) is 0.0319. The molecule has 0 spiro atoms. The Labute approximate surface area is 148 Å². The summed E-state index contributed by atoms with van der Waals surface area (Å²) in [6, 6.07) is 10.8. The van der Waals surface area contributed by atoms with Crippen molar-refractivity contribution in [3.8, 4) is 0 Å². The Balaban J connectivity index is 1.58. The quantitative estimate of drug-likeness (QED) is 0.415. The number of hydrogen-bond acceptors (Lipinski definition) is 6. The van der Waals surface area contributed by atoms with Gasteiger partial charge in [0.2, 0.25) is 0 Å². The molecule has 0 unspecified atom stereocenters. The van der Waals surface area contributed by atoms with Crippen LogP contribution in [0.15, 0.2) is 58.3 Å². The van der Waals surface area contributed by atoms with Gasteiger partial charge in [0.25, 0.3) is 0 Å². The maximum absolute atomic E-state index is 12.0. The van der Waals surface area contributed by atoms with Crippen molar-refractivity contribution in [3.05, 3.63) is 81.6 Å². The highest BCUT2D eigenvalue weighted by molar-refractivity contribution is 5.92. The molecule has 0 atom stereocenters. The zero-order valence-electron chi connectivity index (χ0n) is 13.8. The minimum absolute atomic E-state index is 0.0858. The van der Waals surface area contributed by atoms with E-state index in [9.17, 15) is 14.9 Å². The van der Waals surface area contributed by atoms with Crippen LogP contribution in [0.5, 0.6) is 0 Å². The topological polar surface area (TPSA) is 116 Å². The van der Waals surface area contributed by atoms with Gasteiger partial charge in [-0.15, -0.1) is 0 Å². The number of carbonyl (C=O) groups is 1. The van der Waals surface area contributed by atoms with Gasteiger partial charge in [0.05, 0.1) is 17.7 Å². The lowest BCUT2D eigenvalue weighted by Gasteiger charge is -1.98. The van der Waals surface area contributed by atoms with Gasteiger partial charge < -0.3 is 4.42 Å². The molecular weight excluding hydrogens is 338 g/mol. The Bertz CT molecular complexity index is 956. The van der Waals surface area contributed by atoms with Gasteiger partial charge in [0.1, 0.15) is 18.2 Å². The Morgan fingerprint density at radius 3 is 2.81 bits per heavy atom. The second kappa shape index (κ2) is 7.43. The van der Waals surface area contributed by atoms with Crippen molar-refractivity contribution in [1.29, 1.82) is 0 Å². The van der Waals surface area contributed by atoms with Gasteiger partial charge in [-0.1, -0.05) is 29.8 Å². The molecule has 2 heterocycles. The van der Waals surface area contributed by atoms with Crippen LogP contribution < -0.4 is 5.43 Å². The highest BCUT2D eigenvalue weighted by atomic mass is 16.6. The molecule has 3 aromatic rings. The van der Waals surface area contributed by atoms with Crippen LogP contribution in [0.3, 0.4) is 0 Å². The first-order valence-electron chi connectivity index (χ1n) is 7.67.